The number of likely N-dealkylation sites (tertiary alicyclic amines) is 1. The van der Waals surface area contributed by atoms with Gasteiger partial charge in [0.25, 0.3) is 0 Å². The topological polar surface area (TPSA) is 6.48 Å². The number of nitrogens with zero attached hydrogens (tertiary/aromatic N) is 2. The molecular weight excluding hydrogens is 155 g/mol. The van der Waals surface area contributed by atoms with E-state index in [0.717, 1.165) is 18.2 Å². The zero-order valence-electron chi connectivity index (χ0n) is 8.10. The van der Waals surface area contributed by atoms with E-state index >= 15 is 0 Å². The molecule has 0 aromatic heterocycles. The van der Waals surface area contributed by atoms with Crippen molar-refractivity contribution in [3.8, 4) is 0 Å². The van der Waals surface area contributed by atoms with Gasteiger partial charge in [-0.1, -0.05) is 13.8 Å². The number of fused-ring (bicyclic) bond motifs is 1. The Morgan fingerprint density at radius 1 is 1.00 bits per heavy atom. The quantitative estimate of drug-likeness (QED) is 0.506. The van der Waals surface area contributed by atoms with Gasteiger partial charge in [-0.25, -0.2) is 0 Å². The predicted octanol–water partition coefficient (Wildman–Crippen LogP) is 1.14. The molecule has 0 saturated carbocycles. The van der Waals surface area contributed by atoms with E-state index in [-0.39, 0.29) is 10.8 Å². The van der Waals surface area contributed by atoms with Crippen LogP contribution in [0.3, 0.4) is 0 Å². The van der Waals surface area contributed by atoms with Gasteiger partial charge in [-0.3, -0.25) is 0 Å². The molecule has 0 amide bonds. The van der Waals surface area contributed by atoms with Gasteiger partial charge in [-0.2, -0.15) is 0 Å². The molecule has 2 atom stereocenters. The van der Waals surface area contributed by atoms with Crippen LogP contribution in [0.2, 0.25) is 0 Å². The maximum absolute atomic E-state index is 13.1. The second-order valence-electron chi connectivity index (χ2n) is 5.07. The first-order valence-electron chi connectivity index (χ1n) is 4.55. The first-order valence-corrected chi connectivity index (χ1v) is 4.55. The van der Waals surface area contributed by atoms with Gasteiger partial charge in [0.05, 0.1) is 0 Å². The molecule has 3 heteroatoms. The van der Waals surface area contributed by atoms with E-state index in [4.69, 9.17) is 0 Å². The molecule has 70 valence electrons. The molecule has 12 heavy (non-hydrogen) atoms. The van der Waals surface area contributed by atoms with Gasteiger partial charge in [-0.05, 0) is 7.05 Å². The van der Waals surface area contributed by atoms with Gasteiger partial charge in [0.15, 0.2) is 0 Å². The molecule has 2 fully saturated rings. The van der Waals surface area contributed by atoms with Crippen molar-refractivity contribution in [2.24, 2.45) is 10.8 Å². The molecule has 2 aliphatic heterocycles. The molecular formula is C9H17FN2. The summed E-state index contributed by atoms with van der Waals surface area (Å²) >= 11 is 0. The van der Waals surface area contributed by atoms with Crippen LogP contribution in [0.4, 0.5) is 4.48 Å². The van der Waals surface area contributed by atoms with Crippen molar-refractivity contribution < 1.29 is 4.48 Å². The molecule has 2 heterocycles. The molecule has 0 N–H and O–H groups in total. The first-order chi connectivity index (χ1) is 5.45. The van der Waals surface area contributed by atoms with Crippen molar-refractivity contribution in [2.75, 3.05) is 33.2 Å². The third-order valence-corrected chi connectivity index (χ3v) is 3.74. The van der Waals surface area contributed by atoms with Crippen LogP contribution in [0, 0.1) is 10.8 Å². The first kappa shape index (κ1) is 8.45. The van der Waals surface area contributed by atoms with Crippen LogP contribution in [-0.2, 0) is 0 Å². The van der Waals surface area contributed by atoms with Crippen LogP contribution in [-0.4, -0.2) is 43.2 Å². The van der Waals surface area contributed by atoms with Crippen molar-refractivity contribution in [3.63, 3.8) is 0 Å². The van der Waals surface area contributed by atoms with Gasteiger partial charge in [0.1, 0.15) is 0 Å². The molecule has 0 aromatic rings. The van der Waals surface area contributed by atoms with Gasteiger partial charge in [-0.15, -0.1) is 9.60 Å². The fourth-order valence-electron chi connectivity index (χ4n) is 2.92. The lowest BCUT2D eigenvalue weighted by Gasteiger charge is -2.30. The zero-order chi connectivity index (χ0) is 8.98. The smallest absolute Gasteiger partial charge is 0.0363 e. The van der Waals surface area contributed by atoms with Crippen LogP contribution in [0.1, 0.15) is 13.8 Å². The molecule has 0 radical (unpaired) electrons. The summed E-state index contributed by atoms with van der Waals surface area (Å²) < 4.78 is 13.1. The molecule has 0 aromatic carbocycles. The number of hydrogen-bond acceptors (Lipinski definition) is 2. The van der Waals surface area contributed by atoms with E-state index in [1.54, 1.807) is 0 Å². The van der Waals surface area contributed by atoms with Crippen molar-refractivity contribution in [1.82, 2.24) is 10.0 Å². The SMILES string of the molecule is CN1CC2(C)CN(F)CC2(C)C1. The van der Waals surface area contributed by atoms with Crippen LogP contribution in [0.25, 0.3) is 0 Å². The highest BCUT2D eigenvalue weighted by molar-refractivity contribution is 5.07. The second kappa shape index (κ2) is 2.20. The van der Waals surface area contributed by atoms with Crippen molar-refractivity contribution >= 4 is 0 Å². The summed E-state index contributed by atoms with van der Waals surface area (Å²) in [4.78, 5) is 2.31. The van der Waals surface area contributed by atoms with Crippen LogP contribution in [0.15, 0.2) is 0 Å². The lowest BCUT2D eigenvalue weighted by atomic mass is 9.71. The lowest BCUT2D eigenvalue weighted by molar-refractivity contribution is 0.0324. The Kier molecular flexibility index (Phi) is 1.55. The summed E-state index contributed by atoms with van der Waals surface area (Å²) in [5.41, 5.74) is 0.326. The third-order valence-electron chi connectivity index (χ3n) is 3.74. The largest absolute Gasteiger partial charge is 0.305 e. The van der Waals surface area contributed by atoms with Crippen LogP contribution >= 0.6 is 0 Å². The van der Waals surface area contributed by atoms with Gasteiger partial charge >= 0.3 is 0 Å². The highest BCUT2D eigenvalue weighted by Gasteiger charge is 2.57. The molecule has 2 aliphatic rings. The van der Waals surface area contributed by atoms with Gasteiger partial charge < -0.3 is 4.90 Å². The Morgan fingerprint density at radius 3 is 1.83 bits per heavy atom. The fraction of sp³-hybridized carbons (Fsp3) is 1.00. The molecule has 0 bridgehead atoms. The minimum absolute atomic E-state index is 0.163. The molecule has 2 rings (SSSR count). The number of halogens is 1. The average Bonchev–Trinajstić information content (AvgIpc) is 2.09. The molecule has 2 nitrogen and oxygen atoms in total. The molecule has 2 unspecified atom stereocenters. The average molecular weight is 172 g/mol. The second-order valence-corrected chi connectivity index (χ2v) is 5.07. The highest BCUT2D eigenvalue weighted by Crippen LogP contribution is 2.50. The summed E-state index contributed by atoms with van der Waals surface area (Å²) in [5, 5.41) is 0.979. The maximum atomic E-state index is 13.1. The van der Waals surface area contributed by atoms with Crippen LogP contribution in [0.5, 0.6) is 0 Å². The Bertz CT molecular complexity index is 171. The summed E-state index contributed by atoms with van der Waals surface area (Å²) in [6.45, 7) is 7.68. The van der Waals surface area contributed by atoms with Gasteiger partial charge in [0.2, 0.25) is 0 Å². The summed E-state index contributed by atoms with van der Waals surface area (Å²) in [6.07, 6.45) is 0. The van der Waals surface area contributed by atoms with E-state index < -0.39 is 0 Å². The summed E-state index contributed by atoms with van der Waals surface area (Å²) in [7, 11) is 2.12. The standard InChI is InChI=1S/C9H17FN2/c1-8-4-11(3)5-9(8,2)7-12(10)6-8/h4-7H2,1-3H3. The van der Waals surface area contributed by atoms with Crippen molar-refractivity contribution in [3.05, 3.63) is 0 Å². The lowest BCUT2D eigenvalue weighted by Crippen LogP contribution is -2.34. The van der Waals surface area contributed by atoms with Crippen molar-refractivity contribution in [1.29, 1.82) is 0 Å². The Morgan fingerprint density at radius 2 is 1.42 bits per heavy atom. The van der Waals surface area contributed by atoms with E-state index in [0.29, 0.717) is 13.1 Å². The molecule has 0 spiro atoms. The van der Waals surface area contributed by atoms with Crippen LogP contribution < -0.4 is 0 Å². The Labute approximate surface area is 73.3 Å². The fourth-order valence-corrected chi connectivity index (χ4v) is 2.92. The highest BCUT2D eigenvalue weighted by atomic mass is 19.2. The third kappa shape index (κ3) is 0.927. The van der Waals surface area contributed by atoms with E-state index in [2.05, 4.69) is 25.8 Å². The van der Waals surface area contributed by atoms with E-state index in [1.807, 2.05) is 0 Å². The van der Waals surface area contributed by atoms with Crippen molar-refractivity contribution in [2.45, 2.75) is 13.8 Å². The van der Waals surface area contributed by atoms with Gasteiger partial charge in [0, 0.05) is 37.0 Å². The minimum Gasteiger partial charge on any atom is -0.305 e. The monoisotopic (exact) mass is 172 g/mol. The Hall–Kier alpha value is -0.150. The molecule has 2 saturated heterocycles. The molecule has 0 aliphatic carbocycles. The van der Waals surface area contributed by atoms with E-state index in [9.17, 15) is 4.48 Å². The summed E-state index contributed by atoms with van der Waals surface area (Å²) in [6, 6.07) is 0. The number of rotatable bonds is 0. The normalized spacial score (nSPS) is 50.0. The minimum atomic E-state index is 0.163. The zero-order valence-corrected chi connectivity index (χ0v) is 8.10. The predicted molar refractivity (Wildman–Crippen MR) is 46.4 cm³/mol. The Balaban J connectivity index is 2.27. The number of hydrogen-bond donors (Lipinski definition) is 0. The van der Waals surface area contributed by atoms with E-state index in [1.165, 1.54) is 0 Å². The summed E-state index contributed by atoms with van der Waals surface area (Å²) in [5.74, 6) is 0. The maximum Gasteiger partial charge on any atom is 0.0363 e.